The Hall–Kier alpha value is -3.68. The lowest BCUT2D eigenvalue weighted by molar-refractivity contribution is -0.121. The molecule has 0 fully saturated rings. The van der Waals surface area contributed by atoms with Crippen LogP contribution >= 0.6 is 0 Å². The van der Waals surface area contributed by atoms with E-state index in [1.54, 1.807) is 31.5 Å². The molecule has 3 aromatic rings. The molecule has 1 aromatic carbocycles. The maximum absolute atomic E-state index is 12.6. The second kappa shape index (κ2) is 8.82. The van der Waals surface area contributed by atoms with E-state index in [-0.39, 0.29) is 30.1 Å². The van der Waals surface area contributed by atoms with Gasteiger partial charge in [-0.3, -0.25) is 14.6 Å². The van der Waals surface area contributed by atoms with Gasteiger partial charge >= 0.3 is 0 Å². The number of nitrogens with zero attached hydrogens (tertiary/aromatic N) is 2. The molecule has 0 saturated heterocycles. The summed E-state index contributed by atoms with van der Waals surface area (Å²) in [5.41, 5.74) is 2.46. The summed E-state index contributed by atoms with van der Waals surface area (Å²) in [7, 11) is 0. The average Bonchev–Trinajstić information content (AvgIpc) is 3.26. The van der Waals surface area contributed by atoms with Gasteiger partial charge < -0.3 is 19.8 Å². The second-order valence-corrected chi connectivity index (χ2v) is 8.44. The van der Waals surface area contributed by atoms with Crippen molar-refractivity contribution in [3.63, 3.8) is 0 Å². The third-order valence-corrected chi connectivity index (χ3v) is 5.66. The number of aromatic nitrogens is 3. The zero-order valence-electron chi connectivity index (χ0n) is 18.4. The smallest absolute Gasteiger partial charge is 0.254 e. The Bertz CT molecular complexity index is 1190. The number of pyridine rings is 1. The van der Waals surface area contributed by atoms with E-state index in [4.69, 9.17) is 9.47 Å². The van der Waals surface area contributed by atoms with Gasteiger partial charge in [-0.15, -0.1) is 0 Å². The molecule has 3 heterocycles. The van der Waals surface area contributed by atoms with E-state index in [0.717, 1.165) is 22.6 Å². The molecule has 8 heteroatoms. The molecule has 0 atom stereocenters. The molecular weight excluding hydrogens is 408 g/mol. The fourth-order valence-corrected chi connectivity index (χ4v) is 3.62. The number of H-pyrrole nitrogens is 1. The number of carbonyl (C=O) groups is 1. The van der Waals surface area contributed by atoms with Gasteiger partial charge in [-0.2, -0.15) is 0 Å². The van der Waals surface area contributed by atoms with Crippen molar-refractivity contribution in [2.45, 2.75) is 39.0 Å². The van der Waals surface area contributed by atoms with E-state index >= 15 is 0 Å². The Morgan fingerprint density at radius 2 is 1.91 bits per heavy atom. The van der Waals surface area contributed by atoms with Crippen LogP contribution in [0.1, 0.15) is 37.1 Å². The summed E-state index contributed by atoms with van der Waals surface area (Å²) in [6.45, 7) is 6.59. The fraction of sp³-hybridized carbons (Fsp3) is 0.333. The third kappa shape index (κ3) is 4.64. The minimum atomic E-state index is -0.294. The molecular formula is C24H26N4O4. The Morgan fingerprint density at radius 1 is 1.16 bits per heavy atom. The average molecular weight is 434 g/mol. The predicted molar refractivity (Wildman–Crippen MR) is 120 cm³/mol. The zero-order valence-corrected chi connectivity index (χ0v) is 18.4. The highest BCUT2D eigenvalue weighted by atomic mass is 16.7. The maximum Gasteiger partial charge on any atom is 0.254 e. The summed E-state index contributed by atoms with van der Waals surface area (Å²) in [5, 5.41) is 2.98. The van der Waals surface area contributed by atoms with Gasteiger partial charge in [-0.1, -0.05) is 19.9 Å². The van der Waals surface area contributed by atoms with Crippen LogP contribution in [-0.2, 0) is 16.6 Å². The Kier molecular flexibility index (Phi) is 5.94. The van der Waals surface area contributed by atoms with E-state index in [1.807, 2.05) is 18.2 Å². The number of aryl methyl sites for hydroxylation is 1. The molecule has 0 saturated carbocycles. The summed E-state index contributed by atoms with van der Waals surface area (Å²) in [5.74, 6) is 1.83. The Morgan fingerprint density at radius 3 is 2.66 bits per heavy atom. The van der Waals surface area contributed by atoms with Gasteiger partial charge in [0.2, 0.25) is 12.7 Å². The number of hydrogen-bond donors (Lipinski definition) is 2. The summed E-state index contributed by atoms with van der Waals surface area (Å²) in [6, 6.07) is 9.39. The van der Waals surface area contributed by atoms with Crippen LogP contribution in [0.5, 0.6) is 11.5 Å². The summed E-state index contributed by atoms with van der Waals surface area (Å²) in [4.78, 5) is 36.4. The number of carbonyl (C=O) groups excluding carboxylic acids is 1. The lowest BCUT2D eigenvalue weighted by Gasteiger charge is -2.26. The van der Waals surface area contributed by atoms with E-state index in [2.05, 4.69) is 34.1 Å². The minimum Gasteiger partial charge on any atom is -0.454 e. The molecule has 32 heavy (non-hydrogen) atoms. The highest BCUT2D eigenvalue weighted by Crippen LogP contribution is 2.36. The van der Waals surface area contributed by atoms with Gasteiger partial charge in [-0.05, 0) is 43.2 Å². The number of aromatic amines is 1. The van der Waals surface area contributed by atoms with Crippen molar-refractivity contribution in [3.8, 4) is 22.9 Å². The first kappa shape index (κ1) is 21.5. The normalized spacial score (nSPS) is 12.6. The SMILES string of the molecule is Cc1nc(-c2ccncc2)[nH]c(=O)c1CCC(=O)NCC(C)(C)c1ccc2c(c1)OCO2. The number of rotatable bonds is 7. The number of ether oxygens (including phenoxy) is 2. The molecule has 0 aliphatic carbocycles. The van der Waals surface area contributed by atoms with Gasteiger partial charge in [-0.25, -0.2) is 4.98 Å². The van der Waals surface area contributed by atoms with Gasteiger partial charge in [0.05, 0.1) is 0 Å². The van der Waals surface area contributed by atoms with E-state index < -0.39 is 0 Å². The Balaban J connectivity index is 1.36. The third-order valence-electron chi connectivity index (χ3n) is 5.66. The number of fused-ring (bicyclic) bond motifs is 1. The van der Waals surface area contributed by atoms with Crippen molar-refractivity contribution in [2.75, 3.05) is 13.3 Å². The number of hydrogen-bond acceptors (Lipinski definition) is 6. The largest absolute Gasteiger partial charge is 0.454 e. The molecule has 1 aliphatic rings. The summed E-state index contributed by atoms with van der Waals surface area (Å²) in [6.07, 6.45) is 3.82. The molecule has 0 bridgehead atoms. The number of amides is 1. The summed E-state index contributed by atoms with van der Waals surface area (Å²) >= 11 is 0. The van der Waals surface area contributed by atoms with Crippen molar-refractivity contribution in [3.05, 3.63) is 69.9 Å². The van der Waals surface area contributed by atoms with Crippen LogP contribution in [-0.4, -0.2) is 34.2 Å². The first-order chi connectivity index (χ1) is 15.3. The highest BCUT2D eigenvalue weighted by Gasteiger charge is 2.24. The topological polar surface area (TPSA) is 106 Å². The van der Waals surface area contributed by atoms with Crippen LogP contribution in [0.4, 0.5) is 0 Å². The lowest BCUT2D eigenvalue weighted by Crippen LogP contribution is -2.37. The molecule has 4 rings (SSSR count). The van der Waals surface area contributed by atoms with Crippen LogP contribution in [0.3, 0.4) is 0 Å². The monoisotopic (exact) mass is 434 g/mol. The van der Waals surface area contributed by atoms with Gasteiger partial charge in [0.25, 0.3) is 5.56 Å². The maximum atomic E-state index is 12.6. The second-order valence-electron chi connectivity index (χ2n) is 8.44. The van der Waals surface area contributed by atoms with Gasteiger partial charge in [0, 0.05) is 47.6 Å². The number of benzene rings is 1. The Labute approximate surface area is 186 Å². The quantitative estimate of drug-likeness (QED) is 0.592. The molecule has 0 unspecified atom stereocenters. The van der Waals surface area contributed by atoms with Gasteiger partial charge in [0.1, 0.15) is 5.82 Å². The van der Waals surface area contributed by atoms with Crippen molar-refractivity contribution in [2.24, 2.45) is 0 Å². The molecule has 1 amide bonds. The van der Waals surface area contributed by atoms with Crippen molar-refractivity contribution in [1.82, 2.24) is 20.3 Å². The summed E-state index contributed by atoms with van der Waals surface area (Å²) < 4.78 is 10.8. The van der Waals surface area contributed by atoms with Crippen LogP contribution in [0.2, 0.25) is 0 Å². The minimum absolute atomic E-state index is 0.115. The molecule has 0 radical (unpaired) electrons. The van der Waals surface area contributed by atoms with E-state index in [1.165, 1.54) is 0 Å². The molecule has 2 N–H and O–H groups in total. The molecule has 8 nitrogen and oxygen atoms in total. The predicted octanol–water partition coefficient (Wildman–Crippen LogP) is 2.90. The molecule has 1 aliphatic heterocycles. The first-order valence-electron chi connectivity index (χ1n) is 10.5. The van der Waals surface area contributed by atoms with E-state index in [9.17, 15) is 9.59 Å². The van der Waals surface area contributed by atoms with Crippen LogP contribution in [0, 0.1) is 6.92 Å². The molecule has 2 aromatic heterocycles. The molecule has 0 spiro atoms. The number of nitrogens with one attached hydrogen (secondary N) is 2. The van der Waals surface area contributed by atoms with Gasteiger partial charge in [0.15, 0.2) is 11.5 Å². The van der Waals surface area contributed by atoms with Crippen molar-refractivity contribution in [1.29, 1.82) is 0 Å². The van der Waals surface area contributed by atoms with Crippen molar-refractivity contribution >= 4 is 5.91 Å². The highest BCUT2D eigenvalue weighted by molar-refractivity contribution is 5.76. The van der Waals surface area contributed by atoms with Crippen LogP contribution in [0.15, 0.2) is 47.5 Å². The van der Waals surface area contributed by atoms with Crippen molar-refractivity contribution < 1.29 is 14.3 Å². The van der Waals surface area contributed by atoms with E-state index in [0.29, 0.717) is 30.0 Å². The first-order valence-corrected chi connectivity index (χ1v) is 10.5. The zero-order chi connectivity index (χ0) is 22.7. The van der Waals surface area contributed by atoms with Crippen LogP contribution in [0.25, 0.3) is 11.4 Å². The molecule has 166 valence electrons. The standard InChI is InChI=1S/C24H26N4O4/c1-15-18(23(30)28-22(27-15)16-8-10-25-11-9-16)5-7-21(29)26-13-24(2,3)17-4-6-19-20(12-17)32-14-31-19/h4,6,8-12H,5,7,13-14H2,1-3H3,(H,26,29)(H,27,28,30). The lowest BCUT2D eigenvalue weighted by atomic mass is 9.84. The fourth-order valence-electron chi connectivity index (χ4n) is 3.62. The van der Waals surface area contributed by atoms with Crippen LogP contribution < -0.4 is 20.3 Å².